The first-order valence-electron chi connectivity index (χ1n) is 19.9. The minimum absolute atomic E-state index is 0.131. The second-order valence-electron chi connectivity index (χ2n) is 15.9. The summed E-state index contributed by atoms with van der Waals surface area (Å²) >= 11 is 9.21. The van der Waals surface area contributed by atoms with Gasteiger partial charge in [0.25, 0.3) is 0 Å². The molecule has 3 aromatic carbocycles. The molecule has 0 fully saturated rings. The Morgan fingerprint density at radius 2 is 1.53 bits per heavy atom. The molecule has 0 amide bonds. The number of rotatable bonds is 14. The SMILES string of the molecule is CCCCCN1/C(=C/C=C2\CCC(/C=C/C3=[N+](CCCCC)c4ccc(Br)cc4C3(C)C)=C2Sc2nnnn2-c2ccccc2)C(C)(C)c2cc(Br)ccc21. The van der Waals surface area contributed by atoms with Crippen LogP contribution in [0.15, 0.2) is 127 Å². The van der Waals surface area contributed by atoms with Gasteiger partial charge in [0.05, 0.1) is 11.1 Å². The summed E-state index contributed by atoms with van der Waals surface area (Å²) < 4.78 is 6.68. The van der Waals surface area contributed by atoms with Gasteiger partial charge in [-0.25, -0.2) is 0 Å². The second kappa shape index (κ2) is 16.9. The van der Waals surface area contributed by atoms with Crippen LogP contribution in [0.1, 0.15) is 104 Å². The molecular weight excluding hydrogens is 828 g/mol. The predicted octanol–water partition coefficient (Wildman–Crippen LogP) is 12.9. The van der Waals surface area contributed by atoms with E-state index in [-0.39, 0.29) is 10.8 Å². The zero-order valence-electron chi connectivity index (χ0n) is 33.1. The molecule has 3 heterocycles. The van der Waals surface area contributed by atoms with Crippen LogP contribution < -0.4 is 4.90 Å². The van der Waals surface area contributed by atoms with Crippen molar-refractivity contribution >= 4 is 60.7 Å². The van der Waals surface area contributed by atoms with Crippen molar-refractivity contribution in [3.8, 4) is 5.69 Å². The summed E-state index contributed by atoms with van der Waals surface area (Å²) in [7, 11) is 0. The molecule has 0 saturated heterocycles. The maximum atomic E-state index is 4.56. The molecule has 55 heavy (non-hydrogen) atoms. The van der Waals surface area contributed by atoms with Crippen LogP contribution >= 0.6 is 43.6 Å². The van der Waals surface area contributed by atoms with Crippen LogP contribution in [0.25, 0.3) is 5.69 Å². The van der Waals surface area contributed by atoms with Gasteiger partial charge in [-0.1, -0.05) is 109 Å². The molecule has 0 unspecified atom stereocenters. The van der Waals surface area contributed by atoms with Crippen molar-refractivity contribution in [1.82, 2.24) is 20.2 Å². The summed E-state index contributed by atoms with van der Waals surface area (Å²) in [6, 6.07) is 23.7. The average Bonchev–Trinajstić information content (AvgIpc) is 3.89. The molecule has 0 spiro atoms. The largest absolute Gasteiger partial charge is 0.344 e. The predicted molar refractivity (Wildman–Crippen MR) is 237 cm³/mol. The van der Waals surface area contributed by atoms with E-state index in [9.17, 15) is 0 Å². The van der Waals surface area contributed by atoms with E-state index in [0.29, 0.717) is 0 Å². The van der Waals surface area contributed by atoms with Crippen LogP contribution in [0.2, 0.25) is 0 Å². The van der Waals surface area contributed by atoms with Gasteiger partial charge in [0.15, 0.2) is 5.71 Å². The standard InChI is InChI=1S/C46H53Br2N6S/c1-7-9-14-28-52-39-24-22-34(47)30-37(39)45(3,4)41(52)26-20-32-18-19-33(43(32)55-44-49-50-51-54(44)36-16-12-11-13-17-36)21-27-42-46(5,6)38-31-35(48)23-25-40(38)53(42)29-15-10-8-2/h11-13,16-17,20-27,30-31H,7-10,14-15,18-19,28-29H2,1-6H3/q+1. The van der Waals surface area contributed by atoms with E-state index >= 15 is 0 Å². The number of halogens is 2. The summed E-state index contributed by atoms with van der Waals surface area (Å²) in [5.74, 6) is 0. The zero-order chi connectivity index (χ0) is 38.7. The fraction of sp³-hybridized carbons (Fsp3) is 0.391. The van der Waals surface area contributed by atoms with Gasteiger partial charge in [-0.15, -0.1) is 5.10 Å². The molecule has 0 atom stereocenters. The molecule has 286 valence electrons. The number of unbranched alkanes of at least 4 members (excludes halogenated alkanes) is 4. The highest BCUT2D eigenvalue weighted by molar-refractivity contribution is 9.10. The number of anilines is 1. The zero-order valence-corrected chi connectivity index (χ0v) is 37.1. The maximum absolute atomic E-state index is 4.56. The Balaban J connectivity index is 1.32. The number of thioether (sulfide) groups is 1. The molecule has 0 bridgehead atoms. The molecule has 9 heteroatoms. The first-order chi connectivity index (χ1) is 26.5. The lowest BCUT2D eigenvalue weighted by Crippen LogP contribution is -2.28. The third-order valence-corrected chi connectivity index (χ3v) is 13.6. The maximum Gasteiger partial charge on any atom is 0.218 e. The van der Waals surface area contributed by atoms with Crippen LogP contribution in [0.5, 0.6) is 0 Å². The third kappa shape index (κ3) is 8.04. The molecule has 2 aliphatic heterocycles. The van der Waals surface area contributed by atoms with Gasteiger partial charge in [-0.05, 0) is 127 Å². The van der Waals surface area contributed by atoms with Crippen molar-refractivity contribution in [3.63, 3.8) is 0 Å². The Morgan fingerprint density at radius 3 is 2.29 bits per heavy atom. The number of fused-ring (bicyclic) bond motifs is 2. The first-order valence-corrected chi connectivity index (χ1v) is 22.3. The molecule has 0 saturated carbocycles. The molecule has 0 N–H and O–H groups in total. The van der Waals surface area contributed by atoms with E-state index in [0.717, 1.165) is 45.7 Å². The normalized spacial score (nSPS) is 18.8. The number of aromatic nitrogens is 4. The topological polar surface area (TPSA) is 49.9 Å². The van der Waals surface area contributed by atoms with Crippen LogP contribution in [0.3, 0.4) is 0 Å². The van der Waals surface area contributed by atoms with Crippen LogP contribution in [-0.4, -0.2) is 43.6 Å². The molecule has 4 aromatic rings. The lowest BCUT2D eigenvalue weighted by atomic mass is 9.81. The van der Waals surface area contributed by atoms with Gasteiger partial charge >= 0.3 is 0 Å². The van der Waals surface area contributed by atoms with E-state index in [4.69, 9.17) is 0 Å². The van der Waals surface area contributed by atoms with E-state index in [2.05, 4.69) is 171 Å². The van der Waals surface area contributed by atoms with Gasteiger partial charge in [-0.2, -0.15) is 9.26 Å². The van der Waals surface area contributed by atoms with Crippen molar-refractivity contribution in [1.29, 1.82) is 0 Å². The van der Waals surface area contributed by atoms with E-state index < -0.39 is 0 Å². The van der Waals surface area contributed by atoms with Gasteiger partial charge < -0.3 is 4.90 Å². The third-order valence-electron chi connectivity index (χ3n) is 11.4. The number of allylic oxidation sites excluding steroid dienone is 7. The number of tetrazole rings is 1. The molecule has 7 rings (SSSR count). The van der Waals surface area contributed by atoms with E-state index in [1.165, 1.54) is 88.5 Å². The van der Waals surface area contributed by atoms with Gasteiger partial charge in [0.2, 0.25) is 10.8 Å². The highest BCUT2D eigenvalue weighted by atomic mass is 79.9. The van der Waals surface area contributed by atoms with Gasteiger partial charge in [-0.3, -0.25) is 0 Å². The van der Waals surface area contributed by atoms with Crippen LogP contribution in [0, 0.1) is 0 Å². The molecular formula is C46H53Br2N6S+. The second-order valence-corrected chi connectivity index (χ2v) is 18.7. The fourth-order valence-electron chi connectivity index (χ4n) is 8.39. The highest BCUT2D eigenvalue weighted by Gasteiger charge is 2.44. The Kier molecular flexibility index (Phi) is 12.2. The first kappa shape index (κ1) is 39.7. The average molecular weight is 882 g/mol. The summed E-state index contributed by atoms with van der Waals surface area (Å²) in [6.07, 6.45) is 18.7. The van der Waals surface area contributed by atoms with Crippen LogP contribution in [0.4, 0.5) is 11.4 Å². The van der Waals surface area contributed by atoms with Crippen molar-refractivity contribution in [2.24, 2.45) is 0 Å². The summed E-state index contributed by atoms with van der Waals surface area (Å²) in [5.41, 5.74) is 11.4. The monoisotopic (exact) mass is 879 g/mol. The lowest BCUT2D eigenvalue weighted by Gasteiger charge is -2.27. The lowest BCUT2D eigenvalue weighted by molar-refractivity contribution is -0.438. The molecule has 3 aliphatic rings. The molecule has 1 aromatic heterocycles. The number of hydrogen-bond donors (Lipinski definition) is 0. The number of hydrogen-bond acceptors (Lipinski definition) is 5. The summed E-state index contributed by atoms with van der Waals surface area (Å²) in [6.45, 7) is 16.1. The highest BCUT2D eigenvalue weighted by Crippen LogP contribution is 2.50. The van der Waals surface area contributed by atoms with Gasteiger partial charge in [0.1, 0.15) is 6.54 Å². The number of para-hydroxylation sites is 1. The number of benzene rings is 3. The van der Waals surface area contributed by atoms with Crippen LogP contribution in [-0.2, 0) is 10.8 Å². The quantitative estimate of drug-likeness (QED) is 0.0933. The Morgan fingerprint density at radius 1 is 0.800 bits per heavy atom. The smallest absolute Gasteiger partial charge is 0.218 e. The summed E-state index contributed by atoms with van der Waals surface area (Å²) in [5, 5.41) is 13.9. The van der Waals surface area contributed by atoms with Crippen molar-refractivity contribution in [3.05, 3.63) is 133 Å². The van der Waals surface area contributed by atoms with E-state index in [1.807, 2.05) is 22.9 Å². The molecule has 6 nitrogen and oxygen atoms in total. The van der Waals surface area contributed by atoms with Gasteiger partial charge in [0, 0.05) is 61.3 Å². The van der Waals surface area contributed by atoms with Crippen molar-refractivity contribution in [2.75, 3.05) is 18.0 Å². The van der Waals surface area contributed by atoms with E-state index in [1.54, 1.807) is 11.8 Å². The Hall–Kier alpha value is -3.53. The van der Waals surface area contributed by atoms with Crippen molar-refractivity contribution < 1.29 is 4.58 Å². The minimum atomic E-state index is -0.131. The molecule has 0 radical (unpaired) electrons. The number of nitrogens with zero attached hydrogens (tertiary/aromatic N) is 6. The fourth-order valence-corrected chi connectivity index (χ4v) is 10.2. The Bertz CT molecular complexity index is 2210. The Labute approximate surface area is 348 Å². The minimum Gasteiger partial charge on any atom is -0.344 e. The van der Waals surface area contributed by atoms with Crippen molar-refractivity contribution in [2.45, 2.75) is 109 Å². The summed E-state index contributed by atoms with van der Waals surface area (Å²) in [4.78, 5) is 3.81. The molecule has 1 aliphatic carbocycles.